The molecule has 0 spiro atoms. The highest BCUT2D eigenvalue weighted by Gasteiger charge is 2.23. The normalized spacial score (nSPS) is 14.4. The van der Waals surface area contributed by atoms with Crippen molar-refractivity contribution in [3.05, 3.63) is 64.4 Å². The standard InChI is InChI=1S/C20H20BrFN2O2/c21-16-7-5-15(6-8-16)19(25)9-10-20(26)24-13-11-23(12-14-24)18-4-2-1-3-17(18)22/h1-8H,9-14H2. The first-order valence-corrected chi connectivity index (χ1v) is 9.40. The van der Waals surface area contributed by atoms with Gasteiger partial charge >= 0.3 is 0 Å². The van der Waals surface area contributed by atoms with Crippen LogP contribution in [0.1, 0.15) is 23.2 Å². The topological polar surface area (TPSA) is 40.6 Å². The van der Waals surface area contributed by atoms with Gasteiger partial charge in [-0.15, -0.1) is 0 Å². The molecule has 6 heteroatoms. The zero-order chi connectivity index (χ0) is 18.5. The van der Waals surface area contributed by atoms with Crippen LogP contribution in [0.2, 0.25) is 0 Å². The lowest BCUT2D eigenvalue weighted by molar-refractivity contribution is -0.131. The molecule has 1 saturated heterocycles. The molecule has 26 heavy (non-hydrogen) atoms. The molecule has 1 heterocycles. The van der Waals surface area contributed by atoms with Gasteiger partial charge in [-0.25, -0.2) is 4.39 Å². The fourth-order valence-electron chi connectivity index (χ4n) is 3.06. The van der Waals surface area contributed by atoms with E-state index in [-0.39, 0.29) is 30.3 Å². The number of nitrogens with zero attached hydrogens (tertiary/aromatic N) is 2. The summed E-state index contributed by atoms with van der Waals surface area (Å²) in [5.74, 6) is -0.299. The molecule has 0 atom stereocenters. The summed E-state index contributed by atoms with van der Waals surface area (Å²) < 4.78 is 14.8. The Morgan fingerprint density at radius 3 is 2.23 bits per heavy atom. The summed E-state index contributed by atoms with van der Waals surface area (Å²) in [6.45, 7) is 2.26. The quantitative estimate of drug-likeness (QED) is 0.691. The molecule has 0 N–H and O–H groups in total. The van der Waals surface area contributed by atoms with Crippen molar-refractivity contribution in [2.75, 3.05) is 31.1 Å². The Morgan fingerprint density at radius 1 is 0.923 bits per heavy atom. The third-order valence-electron chi connectivity index (χ3n) is 4.56. The van der Waals surface area contributed by atoms with Gasteiger partial charge in [-0.1, -0.05) is 40.2 Å². The molecule has 1 aliphatic rings. The number of Topliss-reactive ketones (excluding diaryl/α,β-unsaturated/α-hetero) is 1. The molecule has 0 aromatic heterocycles. The largest absolute Gasteiger partial charge is 0.366 e. The number of rotatable bonds is 5. The van der Waals surface area contributed by atoms with Crippen molar-refractivity contribution < 1.29 is 14.0 Å². The van der Waals surface area contributed by atoms with Gasteiger partial charge in [-0.05, 0) is 24.3 Å². The third-order valence-corrected chi connectivity index (χ3v) is 5.09. The van der Waals surface area contributed by atoms with Crippen molar-refractivity contribution in [1.29, 1.82) is 0 Å². The second-order valence-corrected chi connectivity index (χ2v) is 7.16. The number of hydrogen-bond acceptors (Lipinski definition) is 3. The van der Waals surface area contributed by atoms with Gasteiger partial charge in [-0.2, -0.15) is 0 Å². The Morgan fingerprint density at radius 2 is 1.58 bits per heavy atom. The number of carbonyl (C=O) groups is 2. The van der Waals surface area contributed by atoms with Crippen LogP contribution in [0.25, 0.3) is 0 Å². The lowest BCUT2D eigenvalue weighted by Gasteiger charge is -2.36. The van der Waals surface area contributed by atoms with Crippen LogP contribution < -0.4 is 4.90 Å². The van der Waals surface area contributed by atoms with E-state index >= 15 is 0 Å². The SMILES string of the molecule is O=C(CCC(=O)N1CCN(c2ccccc2F)CC1)c1ccc(Br)cc1. The molecule has 0 saturated carbocycles. The van der Waals surface area contributed by atoms with E-state index in [1.54, 1.807) is 29.2 Å². The van der Waals surface area contributed by atoms with E-state index in [2.05, 4.69) is 15.9 Å². The second kappa shape index (κ2) is 8.45. The molecule has 4 nitrogen and oxygen atoms in total. The molecular weight excluding hydrogens is 399 g/mol. The molecule has 1 amide bonds. The minimum atomic E-state index is -0.243. The molecule has 2 aromatic rings. The molecule has 0 unspecified atom stereocenters. The lowest BCUT2D eigenvalue weighted by atomic mass is 10.1. The number of amides is 1. The predicted molar refractivity (Wildman–Crippen MR) is 103 cm³/mol. The minimum absolute atomic E-state index is 0.0244. The van der Waals surface area contributed by atoms with Crippen LogP contribution in [0.3, 0.4) is 0 Å². The van der Waals surface area contributed by atoms with Crippen LogP contribution >= 0.6 is 15.9 Å². The maximum absolute atomic E-state index is 13.9. The zero-order valence-electron chi connectivity index (χ0n) is 14.3. The van der Waals surface area contributed by atoms with Crippen LogP contribution in [0.15, 0.2) is 53.0 Å². The lowest BCUT2D eigenvalue weighted by Crippen LogP contribution is -2.49. The highest BCUT2D eigenvalue weighted by atomic mass is 79.9. The summed E-state index contributed by atoms with van der Waals surface area (Å²) in [5, 5.41) is 0. The van der Waals surface area contributed by atoms with Gasteiger partial charge < -0.3 is 9.80 Å². The van der Waals surface area contributed by atoms with E-state index in [4.69, 9.17) is 0 Å². The summed E-state index contributed by atoms with van der Waals surface area (Å²) in [7, 11) is 0. The van der Waals surface area contributed by atoms with E-state index in [0.717, 1.165) is 4.47 Å². The average Bonchev–Trinajstić information content (AvgIpc) is 2.67. The zero-order valence-corrected chi connectivity index (χ0v) is 15.9. The van der Waals surface area contributed by atoms with E-state index in [0.29, 0.717) is 37.4 Å². The van der Waals surface area contributed by atoms with Crippen molar-refractivity contribution in [2.45, 2.75) is 12.8 Å². The Bertz CT molecular complexity index is 787. The molecular formula is C20H20BrFN2O2. The Balaban J connectivity index is 1.48. The molecule has 2 aromatic carbocycles. The Kier molecular flexibility index (Phi) is 6.04. The van der Waals surface area contributed by atoms with E-state index in [1.807, 2.05) is 23.1 Å². The van der Waals surface area contributed by atoms with Gasteiger partial charge in [0, 0.05) is 49.1 Å². The van der Waals surface area contributed by atoms with Crippen LogP contribution in [0.4, 0.5) is 10.1 Å². The number of piperazine rings is 1. The fourth-order valence-corrected chi connectivity index (χ4v) is 3.33. The average molecular weight is 419 g/mol. The molecule has 1 fully saturated rings. The summed E-state index contributed by atoms with van der Waals surface area (Å²) >= 11 is 3.34. The van der Waals surface area contributed by atoms with Gasteiger partial charge in [0.15, 0.2) is 5.78 Å². The highest BCUT2D eigenvalue weighted by molar-refractivity contribution is 9.10. The smallest absolute Gasteiger partial charge is 0.223 e. The molecule has 136 valence electrons. The molecule has 0 bridgehead atoms. The van der Waals surface area contributed by atoms with Crippen LogP contribution in [-0.2, 0) is 4.79 Å². The molecule has 1 aliphatic heterocycles. The fraction of sp³-hybridized carbons (Fsp3) is 0.300. The highest BCUT2D eigenvalue weighted by Crippen LogP contribution is 2.20. The van der Waals surface area contributed by atoms with Crippen molar-refractivity contribution in [1.82, 2.24) is 4.90 Å². The number of carbonyl (C=O) groups excluding carboxylic acids is 2. The van der Waals surface area contributed by atoms with Crippen molar-refractivity contribution in [3.63, 3.8) is 0 Å². The number of hydrogen-bond donors (Lipinski definition) is 0. The van der Waals surface area contributed by atoms with Crippen LogP contribution in [0.5, 0.6) is 0 Å². The summed E-state index contributed by atoms with van der Waals surface area (Å²) in [5.41, 5.74) is 1.19. The summed E-state index contributed by atoms with van der Waals surface area (Å²) in [6, 6.07) is 13.8. The first kappa shape index (κ1) is 18.6. The summed E-state index contributed by atoms with van der Waals surface area (Å²) in [6.07, 6.45) is 0.405. The number of anilines is 1. The predicted octanol–water partition coefficient (Wildman–Crippen LogP) is 3.90. The molecule has 3 rings (SSSR count). The Hall–Kier alpha value is -2.21. The minimum Gasteiger partial charge on any atom is -0.366 e. The van der Waals surface area contributed by atoms with Gasteiger partial charge in [0.25, 0.3) is 0 Å². The number of para-hydroxylation sites is 1. The van der Waals surface area contributed by atoms with Crippen molar-refractivity contribution in [3.8, 4) is 0 Å². The van der Waals surface area contributed by atoms with E-state index in [1.165, 1.54) is 6.07 Å². The van der Waals surface area contributed by atoms with Crippen LogP contribution in [0, 0.1) is 5.82 Å². The summed E-state index contributed by atoms with van der Waals surface area (Å²) in [4.78, 5) is 28.3. The first-order chi connectivity index (χ1) is 12.5. The monoisotopic (exact) mass is 418 g/mol. The van der Waals surface area contributed by atoms with E-state index in [9.17, 15) is 14.0 Å². The number of benzene rings is 2. The van der Waals surface area contributed by atoms with E-state index < -0.39 is 0 Å². The van der Waals surface area contributed by atoms with Crippen LogP contribution in [-0.4, -0.2) is 42.8 Å². The molecule has 0 aliphatic carbocycles. The maximum atomic E-state index is 13.9. The third kappa shape index (κ3) is 4.49. The first-order valence-electron chi connectivity index (χ1n) is 8.60. The second-order valence-electron chi connectivity index (χ2n) is 6.25. The maximum Gasteiger partial charge on any atom is 0.223 e. The van der Waals surface area contributed by atoms with Crippen molar-refractivity contribution in [2.24, 2.45) is 0 Å². The van der Waals surface area contributed by atoms with Gasteiger partial charge in [-0.3, -0.25) is 9.59 Å². The number of halogens is 2. The van der Waals surface area contributed by atoms with Gasteiger partial charge in [0.2, 0.25) is 5.91 Å². The van der Waals surface area contributed by atoms with Gasteiger partial charge in [0.05, 0.1) is 5.69 Å². The number of ketones is 1. The van der Waals surface area contributed by atoms with Crippen molar-refractivity contribution >= 4 is 33.3 Å². The van der Waals surface area contributed by atoms with Gasteiger partial charge in [0.1, 0.15) is 5.82 Å². The molecule has 0 radical (unpaired) electrons. The Labute approximate surface area is 160 Å².